The lowest BCUT2D eigenvalue weighted by molar-refractivity contribution is 0.0954. The van der Waals surface area contributed by atoms with E-state index in [1.54, 1.807) is 0 Å². The average Bonchev–Trinajstić information content (AvgIpc) is 2.29. The second kappa shape index (κ2) is 2.95. The molecule has 1 aliphatic rings. The van der Waals surface area contributed by atoms with E-state index in [0.717, 1.165) is 17.7 Å². The summed E-state index contributed by atoms with van der Waals surface area (Å²) in [4.78, 5) is 11.4. The van der Waals surface area contributed by atoms with Gasteiger partial charge in [0, 0.05) is 12.1 Å². The molecule has 62 valence electrons. The van der Waals surface area contributed by atoms with Crippen molar-refractivity contribution in [1.82, 2.24) is 10.6 Å². The van der Waals surface area contributed by atoms with Crippen molar-refractivity contribution in [1.29, 1.82) is 0 Å². The molecule has 0 aliphatic carbocycles. The first-order valence-electron chi connectivity index (χ1n) is 3.95. The first kappa shape index (κ1) is 7.31. The fourth-order valence-corrected chi connectivity index (χ4v) is 1.33. The summed E-state index contributed by atoms with van der Waals surface area (Å²) in [5.41, 5.74) is 1.84. The van der Waals surface area contributed by atoms with Gasteiger partial charge in [-0.15, -0.1) is 0 Å². The smallest absolute Gasteiger partial charge is 0.252 e. The first-order chi connectivity index (χ1) is 5.88. The Labute approximate surface area is 70.8 Å². The van der Waals surface area contributed by atoms with Crippen LogP contribution < -0.4 is 10.6 Å². The van der Waals surface area contributed by atoms with Gasteiger partial charge in [0.05, 0.1) is 6.67 Å². The zero-order chi connectivity index (χ0) is 8.39. The Kier molecular flexibility index (Phi) is 1.80. The fraction of sp³-hybridized carbons (Fsp3) is 0.222. The molecular formula is C9H10N2O. The van der Waals surface area contributed by atoms with E-state index in [0.29, 0.717) is 6.67 Å². The number of rotatable bonds is 0. The molecule has 3 nitrogen and oxygen atoms in total. The van der Waals surface area contributed by atoms with Crippen molar-refractivity contribution in [3.63, 3.8) is 0 Å². The molecule has 1 aliphatic heterocycles. The lowest BCUT2D eigenvalue weighted by atomic mass is 10.1. The van der Waals surface area contributed by atoms with Crippen molar-refractivity contribution in [2.45, 2.75) is 6.54 Å². The Bertz CT molecular complexity index is 309. The molecule has 1 heterocycles. The van der Waals surface area contributed by atoms with Crippen molar-refractivity contribution >= 4 is 5.91 Å². The molecule has 12 heavy (non-hydrogen) atoms. The second-order valence-corrected chi connectivity index (χ2v) is 2.77. The number of hydrogen-bond donors (Lipinski definition) is 2. The first-order valence-corrected chi connectivity index (χ1v) is 3.95. The largest absolute Gasteiger partial charge is 0.339 e. The molecule has 0 radical (unpaired) electrons. The highest BCUT2D eigenvalue weighted by molar-refractivity contribution is 5.95. The van der Waals surface area contributed by atoms with Gasteiger partial charge in [0.2, 0.25) is 0 Å². The van der Waals surface area contributed by atoms with Gasteiger partial charge in [-0.25, -0.2) is 0 Å². The minimum Gasteiger partial charge on any atom is -0.339 e. The molecule has 0 aromatic heterocycles. The van der Waals surface area contributed by atoms with Crippen molar-refractivity contribution in [3.05, 3.63) is 35.4 Å². The molecule has 0 saturated carbocycles. The maximum absolute atomic E-state index is 11.4. The SMILES string of the molecule is O=C1NCNCc2ccccc21. The Balaban J connectivity index is 2.46. The summed E-state index contributed by atoms with van der Waals surface area (Å²) in [7, 11) is 0. The molecule has 0 unspecified atom stereocenters. The van der Waals surface area contributed by atoms with Crippen molar-refractivity contribution in [3.8, 4) is 0 Å². The highest BCUT2D eigenvalue weighted by Crippen LogP contribution is 2.09. The highest BCUT2D eigenvalue weighted by atomic mass is 16.1. The molecule has 0 bridgehead atoms. The molecule has 2 N–H and O–H groups in total. The summed E-state index contributed by atoms with van der Waals surface area (Å²) in [5, 5.41) is 5.85. The summed E-state index contributed by atoms with van der Waals surface area (Å²) in [6, 6.07) is 7.63. The minimum atomic E-state index is 0.00981. The van der Waals surface area contributed by atoms with Crippen LogP contribution in [-0.4, -0.2) is 12.6 Å². The molecule has 1 aromatic rings. The Morgan fingerprint density at radius 2 is 2.08 bits per heavy atom. The van der Waals surface area contributed by atoms with E-state index in [-0.39, 0.29) is 5.91 Å². The summed E-state index contributed by atoms with van der Waals surface area (Å²) in [6.07, 6.45) is 0. The van der Waals surface area contributed by atoms with Crippen molar-refractivity contribution in [2.75, 3.05) is 6.67 Å². The van der Waals surface area contributed by atoms with Gasteiger partial charge in [0.1, 0.15) is 0 Å². The highest BCUT2D eigenvalue weighted by Gasteiger charge is 2.12. The minimum absolute atomic E-state index is 0.00981. The third-order valence-corrected chi connectivity index (χ3v) is 1.95. The number of carbonyl (C=O) groups is 1. The lowest BCUT2D eigenvalue weighted by Gasteiger charge is -2.01. The number of amides is 1. The molecule has 2 rings (SSSR count). The molecule has 1 aromatic carbocycles. The quantitative estimate of drug-likeness (QED) is 0.582. The zero-order valence-corrected chi connectivity index (χ0v) is 6.63. The number of hydrogen-bond acceptors (Lipinski definition) is 2. The Hall–Kier alpha value is -1.35. The van der Waals surface area contributed by atoms with Gasteiger partial charge in [0.25, 0.3) is 5.91 Å². The number of benzene rings is 1. The molecule has 0 spiro atoms. The molecule has 0 atom stereocenters. The Morgan fingerprint density at radius 3 is 3.00 bits per heavy atom. The summed E-state index contributed by atoms with van der Waals surface area (Å²) < 4.78 is 0. The fourth-order valence-electron chi connectivity index (χ4n) is 1.33. The third-order valence-electron chi connectivity index (χ3n) is 1.95. The zero-order valence-electron chi connectivity index (χ0n) is 6.63. The Morgan fingerprint density at radius 1 is 1.25 bits per heavy atom. The van der Waals surface area contributed by atoms with Crippen LogP contribution in [0.2, 0.25) is 0 Å². The van der Waals surface area contributed by atoms with Gasteiger partial charge in [0.15, 0.2) is 0 Å². The number of carbonyl (C=O) groups excluding carboxylic acids is 1. The van der Waals surface area contributed by atoms with E-state index in [2.05, 4.69) is 10.6 Å². The summed E-state index contributed by atoms with van der Waals surface area (Å²) >= 11 is 0. The topological polar surface area (TPSA) is 41.1 Å². The molecule has 3 heteroatoms. The standard InChI is InChI=1S/C9H10N2O/c12-9-8-4-2-1-3-7(8)5-10-6-11-9/h1-4,10H,5-6H2,(H,11,12). The van der Waals surface area contributed by atoms with E-state index in [1.165, 1.54) is 0 Å². The van der Waals surface area contributed by atoms with E-state index in [9.17, 15) is 4.79 Å². The predicted octanol–water partition coefficient (Wildman–Crippen LogP) is 0.477. The van der Waals surface area contributed by atoms with Crippen LogP contribution in [0, 0.1) is 0 Å². The van der Waals surface area contributed by atoms with Crippen LogP contribution in [0.25, 0.3) is 0 Å². The molecular weight excluding hydrogens is 152 g/mol. The molecule has 1 amide bonds. The molecule has 0 fully saturated rings. The van der Waals surface area contributed by atoms with Crippen LogP contribution in [0.1, 0.15) is 15.9 Å². The molecule has 0 saturated heterocycles. The lowest BCUT2D eigenvalue weighted by Crippen LogP contribution is -2.29. The number of nitrogens with one attached hydrogen (secondary N) is 2. The average molecular weight is 162 g/mol. The van der Waals surface area contributed by atoms with E-state index in [1.807, 2.05) is 24.3 Å². The monoisotopic (exact) mass is 162 g/mol. The van der Waals surface area contributed by atoms with Gasteiger partial charge < -0.3 is 5.32 Å². The summed E-state index contributed by atoms with van der Waals surface area (Å²) in [6.45, 7) is 1.31. The predicted molar refractivity (Wildman–Crippen MR) is 45.6 cm³/mol. The van der Waals surface area contributed by atoms with Crippen LogP contribution in [0.3, 0.4) is 0 Å². The van der Waals surface area contributed by atoms with E-state index in [4.69, 9.17) is 0 Å². The van der Waals surface area contributed by atoms with Gasteiger partial charge in [-0.1, -0.05) is 18.2 Å². The van der Waals surface area contributed by atoms with Crippen LogP contribution >= 0.6 is 0 Å². The van der Waals surface area contributed by atoms with Gasteiger partial charge in [-0.3, -0.25) is 10.1 Å². The van der Waals surface area contributed by atoms with Crippen LogP contribution in [0.5, 0.6) is 0 Å². The van der Waals surface area contributed by atoms with Gasteiger partial charge in [-0.05, 0) is 11.6 Å². The van der Waals surface area contributed by atoms with Crippen molar-refractivity contribution < 1.29 is 4.79 Å². The van der Waals surface area contributed by atoms with Crippen LogP contribution in [0.4, 0.5) is 0 Å². The van der Waals surface area contributed by atoms with Crippen LogP contribution in [-0.2, 0) is 6.54 Å². The third kappa shape index (κ3) is 1.19. The van der Waals surface area contributed by atoms with Gasteiger partial charge >= 0.3 is 0 Å². The normalized spacial score (nSPS) is 16.2. The van der Waals surface area contributed by atoms with E-state index >= 15 is 0 Å². The van der Waals surface area contributed by atoms with E-state index < -0.39 is 0 Å². The van der Waals surface area contributed by atoms with Gasteiger partial charge in [-0.2, -0.15) is 0 Å². The number of fused-ring (bicyclic) bond motifs is 1. The second-order valence-electron chi connectivity index (χ2n) is 2.77. The summed E-state index contributed by atoms with van der Waals surface area (Å²) in [5.74, 6) is 0.00981. The maximum atomic E-state index is 11.4. The maximum Gasteiger partial charge on any atom is 0.252 e. The van der Waals surface area contributed by atoms with Crippen molar-refractivity contribution in [2.24, 2.45) is 0 Å². The van der Waals surface area contributed by atoms with Crippen LogP contribution in [0.15, 0.2) is 24.3 Å².